The zero-order valence-electron chi connectivity index (χ0n) is 14.9. The predicted molar refractivity (Wildman–Crippen MR) is 96.7 cm³/mol. The number of nitrogens with one attached hydrogen (secondary N) is 1. The molecule has 0 spiro atoms. The van der Waals surface area contributed by atoms with Gasteiger partial charge in [0.1, 0.15) is 17.9 Å². The molecule has 7 heteroatoms. The van der Waals surface area contributed by atoms with Gasteiger partial charge in [-0.05, 0) is 19.1 Å². The number of carbonyl (C=O) groups is 1. The quantitative estimate of drug-likeness (QED) is 0.885. The Morgan fingerprint density at radius 3 is 3.08 bits per heavy atom. The van der Waals surface area contributed by atoms with Crippen LogP contribution in [0.3, 0.4) is 0 Å². The summed E-state index contributed by atoms with van der Waals surface area (Å²) in [5, 5.41) is 12.0. The lowest BCUT2D eigenvalue weighted by molar-refractivity contribution is -0.119. The van der Waals surface area contributed by atoms with E-state index in [4.69, 9.17) is 4.74 Å². The molecule has 1 aliphatic rings. The van der Waals surface area contributed by atoms with Gasteiger partial charge in [-0.15, -0.1) is 0 Å². The molecule has 1 aliphatic heterocycles. The second-order valence-corrected chi connectivity index (χ2v) is 6.32. The van der Waals surface area contributed by atoms with Crippen molar-refractivity contribution in [2.24, 2.45) is 0 Å². The molecular weight excluding hydrogens is 330 g/mol. The van der Waals surface area contributed by atoms with Gasteiger partial charge in [0, 0.05) is 44.0 Å². The fourth-order valence-corrected chi connectivity index (χ4v) is 2.97. The average Bonchev–Trinajstić information content (AvgIpc) is 3.08. The number of carbonyl (C=O) groups excluding carboxylic acids is 1. The molecule has 134 valence electrons. The molecular formula is C19H21N5O2. The lowest BCUT2D eigenvalue weighted by Crippen LogP contribution is -2.25. The van der Waals surface area contributed by atoms with E-state index >= 15 is 0 Å². The Hall–Kier alpha value is -3.14. The third-order valence-electron chi connectivity index (χ3n) is 4.23. The van der Waals surface area contributed by atoms with Gasteiger partial charge in [-0.3, -0.25) is 14.8 Å². The van der Waals surface area contributed by atoms with Gasteiger partial charge in [-0.2, -0.15) is 5.26 Å². The second-order valence-electron chi connectivity index (χ2n) is 6.32. The molecule has 26 heavy (non-hydrogen) atoms. The predicted octanol–water partition coefficient (Wildman–Crippen LogP) is 1.95. The standard InChI is InChI=1S/C19H21N5O2/c1-13-7-19(15(9-20)10-22-13)24-6-4-18(12-24)26-17-3-5-21-16(8-17)11-23-14(2)25/h3,5,7-8,10,18H,4,6,11-12H2,1-2H3,(H,23,25). The Bertz CT molecular complexity index is 846. The van der Waals surface area contributed by atoms with E-state index in [1.165, 1.54) is 6.92 Å². The number of anilines is 1. The third-order valence-corrected chi connectivity index (χ3v) is 4.23. The summed E-state index contributed by atoms with van der Waals surface area (Å²) in [4.78, 5) is 21.6. The van der Waals surface area contributed by atoms with Gasteiger partial charge >= 0.3 is 0 Å². The fourth-order valence-electron chi connectivity index (χ4n) is 2.97. The zero-order chi connectivity index (χ0) is 18.5. The molecule has 1 atom stereocenters. The first-order chi connectivity index (χ1) is 12.5. The SMILES string of the molecule is CC(=O)NCc1cc(OC2CCN(c3cc(C)ncc3C#N)C2)ccn1. The van der Waals surface area contributed by atoms with Crippen LogP contribution in [0.25, 0.3) is 0 Å². The molecule has 1 N–H and O–H groups in total. The van der Waals surface area contributed by atoms with Crippen LogP contribution in [0.2, 0.25) is 0 Å². The van der Waals surface area contributed by atoms with Gasteiger partial charge in [0.2, 0.25) is 5.91 Å². The summed E-state index contributed by atoms with van der Waals surface area (Å²) in [7, 11) is 0. The first-order valence-corrected chi connectivity index (χ1v) is 8.53. The number of aromatic nitrogens is 2. The fraction of sp³-hybridized carbons (Fsp3) is 0.368. The Morgan fingerprint density at radius 1 is 1.46 bits per heavy atom. The van der Waals surface area contributed by atoms with E-state index in [1.54, 1.807) is 12.4 Å². The van der Waals surface area contributed by atoms with Crippen molar-refractivity contribution in [1.82, 2.24) is 15.3 Å². The molecule has 0 saturated carbocycles. The van der Waals surface area contributed by atoms with Gasteiger partial charge in [-0.25, -0.2) is 0 Å². The number of hydrogen-bond donors (Lipinski definition) is 1. The summed E-state index contributed by atoms with van der Waals surface area (Å²) in [5.74, 6) is 0.643. The number of ether oxygens (including phenoxy) is 1. The molecule has 2 aromatic heterocycles. The topological polar surface area (TPSA) is 91.1 Å². The van der Waals surface area contributed by atoms with Gasteiger partial charge in [0.05, 0.1) is 30.0 Å². The van der Waals surface area contributed by atoms with Crippen molar-refractivity contribution < 1.29 is 9.53 Å². The number of nitrogens with zero attached hydrogens (tertiary/aromatic N) is 4. The van der Waals surface area contributed by atoms with E-state index in [0.717, 1.165) is 35.8 Å². The normalized spacial score (nSPS) is 16.2. The van der Waals surface area contributed by atoms with Gasteiger partial charge in [-0.1, -0.05) is 0 Å². The number of amides is 1. The summed E-state index contributed by atoms with van der Waals surface area (Å²) in [6, 6.07) is 7.81. The minimum Gasteiger partial charge on any atom is -0.488 e. The molecule has 0 aromatic carbocycles. The molecule has 3 rings (SSSR count). The number of aryl methyl sites for hydroxylation is 1. The van der Waals surface area contributed by atoms with Crippen LogP contribution < -0.4 is 15.0 Å². The van der Waals surface area contributed by atoms with Crippen LogP contribution in [0.5, 0.6) is 5.75 Å². The number of hydrogen-bond acceptors (Lipinski definition) is 6. The van der Waals surface area contributed by atoms with Gasteiger partial charge < -0.3 is 15.0 Å². The molecule has 1 unspecified atom stereocenters. The smallest absolute Gasteiger partial charge is 0.217 e. The minimum absolute atomic E-state index is 0.0334. The van der Waals surface area contributed by atoms with Gasteiger partial charge in [0.15, 0.2) is 0 Å². The van der Waals surface area contributed by atoms with E-state index in [-0.39, 0.29) is 12.0 Å². The van der Waals surface area contributed by atoms with E-state index in [1.807, 2.05) is 25.1 Å². The highest BCUT2D eigenvalue weighted by atomic mass is 16.5. The van der Waals surface area contributed by atoms with E-state index in [2.05, 4.69) is 26.3 Å². The van der Waals surface area contributed by atoms with Crippen LogP contribution >= 0.6 is 0 Å². The highest BCUT2D eigenvalue weighted by molar-refractivity contribution is 5.72. The molecule has 3 heterocycles. The van der Waals surface area contributed by atoms with E-state index < -0.39 is 0 Å². The molecule has 7 nitrogen and oxygen atoms in total. The maximum absolute atomic E-state index is 11.0. The van der Waals surface area contributed by atoms with Crippen LogP contribution in [0.4, 0.5) is 5.69 Å². The number of pyridine rings is 2. The summed E-state index contributed by atoms with van der Waals surface area (Å²) >= 11 is 0. The van der Waals surface area contributed by atoms with Crippen molar-refractivity contribution in [1.29, 1.82) is 5.26 Å². The lowest BCUT2D eigenvalue weighted by Gasteiger charge is -2.20. The minimum atomic E-state index is -0.0921. The molecule has 1 amide bonds. The Morgan fingerprint density at radius 2 is 2.31 bits per heavy atom. The molecule has 0 radical (unpaired) electrons. The molecule has 1 fully saturated rings. The molecule has 0 bridgehead atoms. The zero-order valence-corrected chi connectivity index (χ0v) is 14.9. The molecule has 0 aliphatic carbocycles. The third kappa shape index (κ3) is 4.28. The van der Waals surface area contributed by atoms with Crippen LogP contribution in [-0.2, 0) is 11.3 Å². The Balaban J connectivity index is 1.65. The first kappa shape index (κ1) is 17.7. The van der Waals surface area contributed by atoms with E-state index in [9.17, 15) is 10.1 Å². The van der Waals surface area contributed by atoms with Crippen molar-refractivity contribution in [3.63, 3.8) is 0 Å². The van der Waals surface area contributed by atoms with Crippen LogP contribution in [-0.4, -0.2) is 35.1 Å². The van der Waals surface area contributed by atoms with Crippen molar-refractivity contribution in [3.05, 3.63) is 47.5 Å². The van der Waals surface area contributed by atoms with E-state index in [0.29, 0.717) is 18.7 Å². The first-order valence-electron chi connectivity index (χ1n) is 8.53. The Kier molecular flexibility index (Phi) is 5.32. The lowest BCUT2D eigenvalue weighted by atomic mass is 10.2. The van der Waals surface area contributed by atoms with Gasteiger partial charge in [0.25, 0.3) is 0 Å². The molecule has 1 saturated heterocycles. The average molecular weight is 351 g/mol. The second kappa shape index (κ2) is 7.83. The Labute approximate surface area is 152 Å². The highest BCUT2D eigenvalue weighted by Crippen LogP contribution is 2.26. The van der Waals surface area contributed by atoms with Crippen molar-refractivity contribution in [2.75, 3.05) is 18.0 Å². The van der Waals surface area contributed by atoms with Crippen molar-refractivity contribution in [2.45, 2.75) is 32.9 Å². The maximum atomic E-state index is 11.0. The van der Waals surface area contributed by atoms with Crippen molar-refractivity contribution >= 4 is 11.6 Å². The van der Waals surface area contributed by atoms with Crippen LogP contribution in [0.15, 0.2) is 30.6 Å². The highest BCUT2D eigenvalue weighted by Gasteiger charge is 2.26. The number of rotatable bonds is 5. The molecule has 2 aromatic rings. The van der Waals surface area contributed by atoms with Crippen LogP contribution in [0.1, 0.15) is 30.3 Å². The van der Waals surface area contributed by atoms with Crippen molar-refractivity contribution in [3.8, 4) is 11.8 Å². The summed E-state index contributed by atoms with van der Waals surface area (Å²) in [5.41, 5.74) is 3.13. The summed E-state index contributed by atoms with van der Waals surface area (Å²) < 4.78 is 6.09. The summed E-state index contributed by atoms with van der Waals surface area (Å²) in [6.07, 6.45) is 4.20. The number of nitriles is 1. The maximum Gasteiger partial charge on any atom is 0.217 e. The summed E-state index contributed by atoms with van der Waals surface area (Å²) in [6.45, 7) is 5.31. The largest absolute Gasteiger partial charge is 0.488 e. The monoisotopic (exact) mass is 351 g/mol. The van der Waals surface area contributed by atoms with Crippen LogP contribution in [0, 0.1) is 18.3 Å².